The molecular formula is C21H23N3O5S. The zero-order chi connectivity index (χ0) is 21.5. The first-order chi connectivity index (χ1) is 14.6. The van der Waals surface area contributed by atoms with E-state index in [1.807, 2.05) is 47.0 Å². The van der Waals surface area contributed by atoms with Crippen LogP contribution in [-0.2, 0) is 9.53 Å². The Balaban J connectivity index is 2.05. The van der Waals surface area contributed by atoms with Gasteiger partial charge in [-0.3, -0.25) is 9.36 Å². The lowest BCUT2D eigenvalue weighted by molar-refractivity contribution is -0.139. The molecule has 0 N–H and O–H groups in total. The Morgan fingerprint density at radius 2 is 1.70 bits per heavy atom. The second kappa shape index (κ2) is 10.0. The summed E-state index contributed by atoms with van der Waals surface area (Å²) in [6.45, 7) is 2.11. The van der Waals surface area contributed by atoms with Gasteiger partial charge in [-0.2, -0.15) is 0 Å². The molecule has 30 heavy (non-hydrogen) atoms. The highest BCUT2D eigenvalue weighted by molar-refractivity contribution is 7.99. The molecule has 0 radical (unpaired) electrons. The molecular weight excluding hydrogens is 406 g/mol. The van der Waals surface area contributed by atoms with Crippen LogP contribution in [0.4, 0.5) is 0 Å². The monoisotopic (exact) mass is 429 g/mol. The summed E-state index contributed by atoms with van der Waals surface area (Å²) in [4.78, 5) is 11.8. The molecule has 8 nitrogen and oxygen atoms in total. The van der Waals surface area contributed by atoms with Crippen molar-refractivity contribution in [2.75, 3.05) is 33.7 Å². The maximum absolute atomic E-state index is 11.8. The molecule has 0 fully saturated rings. The van der Waals surface area contributed by atoms with Crippen LogP contribution in [-0.4, -0.2) is 54.4 Å². The number of thioether (sulfide) groups is 1. The largest absolute Gasteiger partial charge is 0.497 e. The van der Waals surface area contributed by atoms with Gasteiger partial charge >= 0.3 is 5.97 Å². The van der Waals surface area contributed by atoms with E-state index in [0.717, 1.165) is 17.0 Å². The van der Waals surface area contributed by atoms with Crippen LogP contribution in [0.2, 0.25) is 0 Å². The Morgan fingerprint density at radius 1 is 0.967 bits per heavy atom. The molecule has 0 atom stereocenters. The van der Waals surface area contributed by atoms with Gasteiger partial charge in [-0.1, -0.05) is 11.8 Å². The van der Waals surface area contributed by atoms with Crippen molar-refractivity contribution in [3.8, 4) is 34.3 Å². The van der Waals surface area contributed by atoms with E-state index in [1.165, 1.54) is 11.8 Å². The molecule has 0 spiro atoms. The zero-order valence-electron chi connectivity index (χ0n) is 17.2. The summed E-state index contributed by atoms with van der Waals surface area (Å²) in [5.74, 6) is 2.37. The fraction of sp³-hybridized carbons (Fsp3) is 0.286. The van der Waals surface area contributed by atoms with E-state index in [-0.39, 0.29) is 11.7 Å². The molecule has 0 bridgehead atoms. The Kier molecular flexibility index (Phi) is 7.18. The standard InChI is InChI=1S/C21H23N3O5S/c1-5-29-19(25)13-30-21-23-22-20(14-6-11-17(27-3)18(12-14)28-4)24(21)15-7-9-16(26-2)10-8-15/h6-12H,5,13H2,1-4H3. The van der Waals surface area contributed by atoms with Crippen molar-refractivity contribution < 1.29 is 23.7 Å². The SMILES string of the molecule is CCOC(=O)CSc1nnc(-c2ccc(OC)c(OC)c2)n1-c1ccc(OC)cc1. The van der Waals surface area contributed by atoms with E-state index >= 15 is 0 Å². The third-order valence-electron chi connectivity index (χ3n) is 4.23. The number of ether oxygens (including phenoxy) is 4. The molecule has 0 aliphatic heterocycles. The molecule has 2 aromatic carbocycles. The van der Waals surface area contributed by atoms with E-state index in [1.54, 1.807) is 28.3 Å². The lowest BCUT2D eigenvalue weighted by Gasteiger charge is -2.13. The molecule has 158 valence electrons. The van der Waals surface area contributed by atoms with Crippen molar-refractivity contribution in [2.45, 2.75) is 12.1 Å². The molecule has 3 rings (SSSR count). The summed E-state index contributed by atoms with van der Waals surface area (Å²) in [6.07, 6.45) is 0. The molecule has 1 aromatic heterocycles. The van der Waals surface area contributed by atoms with Crippen molar-refractivity contribution in [3.63, 3.8) is 0 Å². The van der Waals surface area contributed by atoms with Crippen LogP contribution < -0.4 is 14.2 Å². The summed E-state index contributed by atoms with van der Waals surface area (Å²) < 4.78 is 22.9. The smallest absolute Gasteiger partial charge is 0.316 e. The average molecular weight is 429 g/mol. The highest BCUT2D eigenvalue weighted by Crippen LogP contribution is 2.34. The predicted molar refractivity (Wildman–Crippen MR) is 114 cm³/mol. The van der Waals surface area contributed by atoms with E-state index in [2.05, 4.69) is 10.2 Å². The molecule has 0 saturated carbocycles. The van der Waals surface area contributed by atoms with Crippen LogP contribution >= 0.6 is 11.8 Å². The van der Waals surface area contributed by atoms with Gasteiger partial charge in [-0.05, 0) is 49.4 Å². The van der Waals surface area contributed by atoms with Gasteiger partial charge in [0.2, 0.25) is 0 Å². The van der Waals surface area contributed by atoms with Crippen LogP contribution in [0.15, 0.2) is 47.6 Å². The van der Waals surface area contributed by atoms with E-state index in [4.69, 9.17) is 18.9 Å². The van der Waals surface area contributed by atoms with Crippen LogP contribution in [0.3, 0.4) is 0 Å². The maximum Gasteiger partial charge on any atom is 0.316 e. The number of benzene rings is 2. The van der Waals surface area contributed by atoms with Gasteiger partial charge < -0.3 is 18.9 Å². The quantitative estimate of drug-likeness (QED) is 0.377. The average Bonchev–Trinajstić information content (AvgIpc) is 3.21. The molecule has 3 aromatic rings. The number of rotatable bonds is 9. The van der Waals surface area contributed by atoms with Gasteiger partial charge in [-0.25, -0.2) is 0 Å². The number of esters is 1. The third-order valence-corrected chi connectivity index (χ3v) is 5.13. The minimum Gasteiger partial charge on any atom is -0.497 e. The second-order valence-electron chi connectivity index (χ2n) is 6.00. The minimum atomic E-state index is -0.306. The fourth-order valence-corrected chi connectivity index (χ4v) is 3.57. The zero-order valence-corrected chi connectivity index (χ0v) is 18.1. The molecule has 0 unspecified atom stereocenters. The van der Waals surface area contributed by atoms with Crippen molar-refractivity contribution in [2.24, 2.45) is 0 Å². The van der Waals surface area contributed by atoms with Crippen LogP contribution in [0, 0.1) is 0 Å². The van der Waals surface area contributed by atoms with E-state index < -0.39 is 0 Å². The predicted octanol–water partition coefficient (Wildman–Crippen LogP) is 3.62. The summed E-state index contributed by atoms with van der Waals surface area (Å²) in [5.41, 5.74) is 1.62. The Morgan fingerprint density at radius 3 is 2.33 bits per heavy atom. The summed E-state index contributed by atoms with van der Waals surface area (Å²) in [5, 5.41) is 9.25. The van der Waals surface area contributed by atoms with Crippen molar-refractivity contribution in [1.29, 1.82) is 0 Å². The first-order valence-corrected chi connectivity index (χ1v) is 10.2. The van der Waals surface area contributed by atoms with E-state index in [9.17, 15) is 4.79 Å². The van der Waals surface area contributed by atoms with Gasteiger partial charge in [0.05, 0.1) is 33.7 Å². The number of aromatic nitrogens is 3. The number of carbonyl (C=O) groups is 1. The van der Waals surface area contributed by atoms with Gasteiger partial charge in [0.25, 0.3) is 0 Å². The maximum atomic E-state index is 11.8. The topological polar surface area (TPSA) is 84.7 Å². The van der Waals surface area contributed by atoms with Crippen LogP contribution in [0.25, 0.3) is 17.1 Å². The minimum absolute atomic E-state index is 0.133. The van der Waals surface area contributed by atoms with Crippen molar-refractivity contribution in [1.82, 2.24) is 14.8 Å². The molecule has 0 aliphatic carbocycles. The van der Waals surface area contributed by atoms with Gasteiger partial charge in [0, 0.05) is 11.3 Å². The Hall–Kier alpha value is -3.20. The first-order valence-electron chi connectivity index (χ1n) is 9.21. The van der Waals surface area contributed by atoms with Gasteiger partial charge in [0.1, 0.15) is 5.75 Å². The first kappa shape index (κ1) is 21.5. The Labute approximate surface area is 179 Å². The van der Waals surface area contributed by atoms with Crippen molar-refractivity contribution in [3.05, 3.63) is 42.5 Å². The number of hydrogen-bond acceptors (Lipinski definition) is 8. The Bertz CT molecular complexity index is 1000. The van der Waals surface area contributed by atoms with Gasteiger partial charge in [-0.15, -0.1) is 10.2 Å². The lowest BCUT2D eigenvalue weighted by Crippen LogP contribution is -2.08. The highest BCUT2D eigenvalue weighted by atomic mass is 32.2. The molecule has 1 heterocycles. The fourth-order valence-electron chi connectivity index (χ4n) is 2.82. The number of nitrogens with zero attached hydrogens (tertiary/aromatic N) is 3. The number of hydrogen-bond donors (Lipinski definition) is 0. The van der Waals surface area contributed by atoms with Gasteiger partial charge in [0.15, 0.2) is 22.5 Å². The molecule has 0 aliphatic rings. The van der Waals surface area contributed by atoms with Crippen LogP contribution in [0.1, 0.15) is 6.92 Å². The third kappa shape index (κ3) is 4.68. The second-order valence-corrected chi connectivity index (χ2v) is 6.95. The molecule has 9 heteroatoms. The summed E-state index contributed by atoms with van der Waals surface area (Å²) in [6, 6.07) is 13.0. The highest BCUT2D eigenvalue weighted by Gasteiger charge is 2.19. The van der Waals surface area contributed by atoms with Crippen LogP contribution in [0.5, 0.6) is 17.2 Å². The molecule has 0 amide bonds. The lowest BCUT2D eigenvalue weighted by atomic mass is 10.2. The van der Waals surface area contributed by atoms with E-state index in [0.29, 0.717) is 29.1 Å². The molecule has 0 saturated heterocycles. The number of carbonyl (C=O) groups excluding carboxylic acids is 1. The summed E-state index contributed by atoms with van der Waals surface area (Å²) >= 11 is 1.26. The number of methoxy groups -OCH3 is 3. The normalized spacial score (nSPS) is 10.5. The van der Waals surface area contributed by atoms with Crippen molar-refractivity contribution >= 4 is 17.7 Å². The summed E-state index contributed by atoms with van der Waals surface area (Å²) in [7, 11) is 4.78.